The number of ether oxygens (including phenoxy) is 1. The van der Waals surface area contributed by atoms with Crippen LogP contribution in [0.3, 0.4) is 0 Å². The topological polar surface area (TPSA) is 102 Å². The van der Waals surface area contributed by atoms with E-state index in [2.05, 4.69) is 0 Å². The summed E-state index contributed by atoms with van der Waals surface area (Å²) in [6.07, 6.45) is 0.782. The van der Waals surface area contributed by atoms with Gasteiger partial charge in [-0.05, 0) is 31.5 Å². The summed E-state index contributed by atoms with van der Waals surface area (Å²) in [7, 11) is 0. The van der Waals surface area contributed by atoms with Crippen molar-refractivity contribution in [2.75, 3.05) is 30.5 Å². The van der Waals surface area contributed by atoms with Gasteiger partial charge in [-0.25, -0.2) is 10.6 Å². The second-order valence-corrected chi connectivity index (χ2v) is 3.82. The van der Waals surface area contributed by atoms with E-state index in [0.29, 0.717) is 31.1 Å². The molecule has 0 aliphatic rings. The van der Waals surface area contributed by atoms with E-state index in [0.717, 1.165) is 6.42 Å². The third kappa shape index (κ3) is 3.90. The van der Waals surface area contributed by atoms with Crippen molar-refractivity contribution in [2.45, 2.75) is 13.3 Å². The lowest BCUT2D eigenvalue weighted by Crippen LogP contribution is -2.33. The predicted molar refractivity (Wildman–Crippen MR) is 70.5 cm³/mol. The summed E-state index contributed by atoms with van der Waals surface area (Å²) in [5, 5.41) is 10.3. The van der Waals surface area contributed by atoms with Gasteiger partial charge in [0.2, 0.25) is 0 Å². The van der Waals surface area contributed by atoms with Gasteiger partial charge in [-0.15, -0.1) is 0 Å². The number of nitrogen functional groups attached to an aromatic ring is 1. The third-order valence-electron chi connectivity index (χ3n) is 2.48. The van der Waals surface area contributed by atoms with E-state index in [4.69, 9.17) is 21.4 Å². The highest BCUT2D eigenvalue weighted by molar-refractivity contribution is 5.90. The van der Waals surface area contributed by atoms with Crippen molar-refractivity contribution in [3.8, 4) is 0 Å². The SMILES string of the molecule is CCOCCCN(N)c1ccc(C(=O)O)cc1N. The molecular weight excluding hydrogens is 234 g/mol. The van der Waals surface area contributed by atoms with E-state index >= 15 is 0 Å². The van der Waals surface area contributed by atoms with Gasteiger partial charge < -0.3 is 20.6 Å². The van der Waals surface area contributed by atoms with Gasteiger partial charge in [-0.2, -0.15) is 0 Å². The van der Waals surface area contributed by atoms with Crippen molar-refractivity contribution in [3.05, 3.63) is 23.8 Å². The second-order valence-electron chi connectivity index (χ2n) is 3.82. The molecule has 1 aromatic rings. The number of carbonyl (C=O) groups is 1. The van der Waals surface area contributed by atoms with E-state index in [-0.39, 0.29) is 5.56 Å². The molecule has 18 heavy (non-hydrogen) atoms. The first kappa shape index (κ1) is 14.3. The number of nitrogens with two attached hydrogens (primary N) is 2. The highest BCUT2D eigenvalue weighted by Gasteiger charge is 2.09. The molecule has 0 aliphatic heterocycles. The van der Waals surface area contributed by atoms with Crippen LogP contribution in [0.5, 0.6) is 0 Å². The van der Waals surface area contributed by atoms with Crippen molar-refractivity contribution in [1.82, 2.24) is 0 Å². The quantitative estimate of drug-likeness (QED) is 0.291. The normalized spacial score (nSPS) is 10.3. The number of rotatable bonds is 7. The number of hydrogen-bond donors (Lipinski definition) is 3. The minimum Gasteiger partial charge on any atom is -0.478 e. The highest BCUT2D eigenvalue weighted by Crippen LogP contribution is 2.22. The number of hydrazine groups is 1. The molecule has 1 aromatic carbocycles. The van der Waals surface area contributed by atoms with Gasteiger partial charge in [0.25, 0.3) is 0 Å². The number of carboxylic acid groups (broad SMARTS) is 1. The minimum atomic E-state index is -1.01. The zero-order valence-corrected chi connectivity index (χ0v) is 10.4. The fourth-order valence-corrected chi connectivity index (χ4v) is 1.55. The molecular formula is C12H19N3O3. The van der Waals surface area contributed by atoms with E-state index in [1.165, 1.54) is 17.1 Å². The molecule has 0 atom stereocenters. The number of hydrogen-bond acceptors (Lipinski definition) is 5. The molecule has 0 saturated carbocycles. The molecule has 6 heteroatoms. The van der Waals surface area contributed by atoms with Gasteiger partial charge >= 0.3 is 5.97 Å². The van der Waals surface area contributed by atoms with Crippen molar-refractivity contribution in [1.29, 1.82) is 0 Å². The average Bonchev–Trinajstić information content (AvgIpc) is 2.34. The Morgan fingerprint density at radius 2 is 2.22 bits per heavy atom. The average molecular weight is 253 g/mol. The zero-order valence-electron chi connectivity index (χ0n) is 10.4. The Morgan fingerprint density at radius 1 is 1.50 bits per heavy atom. The summed E-state index contributed by atoms with van der Waals surface area (Å²) in [6, 6.07) is 4.50. The third-order valence-corrected chi connectivity index (χ3v) is 2.48. The van der Waals surface area contributed by atoms with E-state index in [9.17, 15) is 4.79 Å². The summed E-state index contributed by atoms with van der Waals surface area (Å²) in [5.74, 6) is 4.85. The second kappa shape index (κ2) is 6.83. The highest BCUT2D eigenvalue weighted by atomic mass is 16.5. The van der Waals surface area contributed by atoms with Gasteiger partial charge in [0.15, 0.2) is 0 Å². The molecule has 5 N–H and O–H groups in total. The molecule has 0 aromatic heterocycles. The van der Waals surface area contributed by atoms with Crippen LogP contribution < -0.4 is 16.6 Å². The van der Waals surface area contributed by atoms with Crippen LogP contribution in [-0.4, -0.2) is 30.8 Å². The van der Waals surface area contributed by atoms with Crippen LogP contribution in [0.2, 0.25) is 0 Å². The Hall–Kier alpha value is -1.79. The van der Waals surface area contributed by atoms with Gasteiger partial charge in [0.05, 0.1) is 16.9 Å². The van der Waals surface area contributed by atoms with Crippen LogP contribution in [0, 0.1) is 0 Å². The Labute approximate surface area is 106 Å². The predicted octanol–water partition coefficient (Wildman–Crippen LogP) is 1.07. The van der Waals surface area contributed by atoms with Crippen LogP contribution in [0.1, 0.15) is 23.7 Å². The Balaban J connectivity index is 2.62. The summed E-state index contributed by atoms with van der Waals surface area (Å²) in [4.78, 5) is 10.8. The maximum Gasteiger partial charge on any atom is 0.335 e. The van der Waals surface area contributed by atoms with Crippen LogP contribution >= 0.6 is 0 Å². The molecule has 0 bridgehead atoms. The fraction of sp³-hybridized carbons (Fsp3) is 0.417. The van der Waals surface area contributed by atoms with Crippen molar-refractivity contribution >= 4 is 17.3 Å². The van der Waals surface area contributed by atoms with E-state index in [1.54, 1.807) is 6.07 Å². The van der Waals surface area contributed by atoms with Gasteiger partial charge in [0, 0.05) is 19.8 Å². The Bertz CT molecular complexity index is 410. The largest absolute Gasteiger partial charge is 0.478 e. The molecule has 1 rings (SSSR count). The van der Waals surface area contributed by atoms with Gasteiger partial charge in [-0.1, -0.05) is 0 Å². The molecule has 0 aliphatic carbocycles. The van der Waals surface area contributed by atoms with E-state index < -0.39 is 5.97 Å². The first-order chi connectivity index (χ1) is 8.56. The zero-order chi connectivity index (χ0) is 13.5. The standard InChI is InChI=1S/C12H19N3O3/c1-2-18-7-3-6-15(14)11-5-4-9(12(16)17)8-10(11)13/h4-5,8H,2-3,6-7,13-14H2,1H3,(H,16,17). The molecule has 0 amide bonds. The van der Waals surface area contributed by atoms with Crippen LogP contribution in [0.15, 0.2) is 18.2 Å². The molecule has 0 radical (unpaired) electrons. The molecule has 0 fully saturated rings. The lowest BCUT2D eigenvalue weighted by molar-refractivity contribution is 0.0697. The first-order valence-corrected chi connectivity index (χ1v) is 5.79. The molecule has 6 nitrogen and oxygen atoms in total. The van der Waals surface area contributed by atoms with Crippen LogP contribution in [0.4, 0.5) is 11.4 Å². The van der Waals surface area contributed by atoms with E-state index in [1.807, 2.05) is 6.92 Å². The number of anilines is 2. The number of aromatic carboxylic acids is 1. The Morgan fingerprint density at radius 3 is 2.78 bits per heavy atom. The van der Waals surface area contributed by atoms with Gasteiger partial charge in [-0.3, -0.25) is 0 Å². The lowest BCUT2D eigenvalue weighted by Gasteiger charge is -2.20. The van der Waals surface area contributed by atoms with Crippen molar-refractivity contribution in [3.63, 3.8) is 0 Å². The maximum absolute atomic E-state index is 10.8. The summed E-state index contributed by atoms with van der Waals surface area (Å²) < 4.78 is 5.21. The molecule has 0 saturated heterocycles. The summed E-state index contributed by atoms with van der Waals surface area (Å²) in [6.45, 7) is 3.84. The lowest BCUT2D eigenvalue weighted by atomic mass is 10.1. The maximum atomic E-state index is 10.8. The van der Waals surface area contributed by atoms with Gasteiger partial charge in [0.1, 0.15) is 0 Å². The minimum absolute atomic E-state index is 0.152. The number of nitrogens with zero attached hydrogens (tertiary/aromatic N) is 1. The monoisotopic (exact) mass is 253 g/mol. The summed E-state index contributed by atoms with van der Waals surface area (Å²) in [5.41, 5.74) is 6.90. The fourth-order valence-electron chi connectivity index (χ4n) is 1.55. The number of benzene rings is 1. The smallest absolute Gasteiger partial charge is 0.335 e. The van der Waals surface area contributed by atoms with Crippen LogP contribution in [-0.2, 0) is 4.74 Å². The first-order valence-electron chi connectivity index (χ1n) is 5.79. The van der Waals surface area contributed by atoms with Crippen molar-refractivity contribution < 1.29 is 14.6 Å². The molecule has 0 unspecified atom stereocenters. The molecule has 0 heterocycles. The Kier molecular flexibility index (Phi) is 5.41. The molecule has 100 valence electrons. The molecule has 0 spiro atoms. The van der Waals surface area contributed by atoms with Crippen molar-refractivity contribution in [2.24, 2.45) is 5.84 Å². The number of carboxylic acids is 1. The summed E-state index contributed by atoms with van der Waals surface area (Å²) >= 11 is 0. The van der Waals surface area contributed by atoms with Crippen LogP contribution in [0.25, 0.3) is 0 Å².